The topological polar surface area (TPSA) is 83.0 Å². The number of rotatable bonds is 4. The zero-order valence-corrected chi connectivity index (χ0v) is 10.8. The number of carbonyl (C=O) groups excluding carboxylic acids is 1. The van der Waals surface area contributed by atoms with Crippen LogP contribution in [-0.4, -0.2) is 26.8 Å². The Morgan fingerprint density at radius 1 is 1.43 bits per heavy atom. The van der Waals surface area contributed by atoms with Crippen LogP contribution in [0.25, 0.3) is 5.69 Å². The molecule has 2 N–H and O–H groups in total. The van der Waals surface area contributed by atoms with Gasteiger partial charge in [-0.1, -0.05) is 6.07 Å². The molecule has 6 nitrogen and oxygen atoms in total. The molecule has 112 valence electrons. The van der Waals surface area contributed by atoms with Gasteiger partial charge in [0.15, 0.2) is 6.10 Å². The molecule has 1 atom stereocenters. The fourth-order valence-corrected chi connectivity index (χ4v) is 1.47. The smallest absolute Gasteiger partial charge is 0.416 e. The highest BCUT2D eigenvalue weighted by Gasteiger charge is 2.30. The minimum atomic E-state index is -4.45. The number of halogens is 3. The van der Waals surface area contributed by atoms with Crippen molar-refractivity contribution < 1.29 is 22.7 Å². The number of nitrogens with two attached hydrogens (primary N) is 1. The van der Waals surface area contributed by atoms with Gasteiger partial charge in [-0.3, -0.25) is 4.79 Å². The van der Waals surface area contributed by atoms with Crippen LogP contribution in [0.1, 0.15) is 12.5 Å². The number of amides is 1. The summed E-state index contributed by atoms with van der Waals surface area (Å²) in [5.74, 6) is -0.703. The Hall–Kier alpha value is -2.58. The maximum absolute atomic E-state index is 12.6. The van der Waals surface area contributed by atoms with Crippen LogP contribution in [0.3, 0.4) is 0 Å². The highest BCUT2D eigenvalue weighted by atomic mass is 19.4. The van der Waals surface area contributed by atoms with E-state index in [1.807, 2.05) is 0 Å². The third kappa shape index (κ3) is 3.50. The average molecular weight is 300 g/mol. The minimum absolute atomic E-state index is 0.154. The minimum Gasteiger partial charge on any atom is -0.449 e. The predicted octanol–water partition coefficient (Wildman–Crippen LogP) is 1.54. The van der Waals surface area contributed by atoms with Gasteiger partial charge in [0.2, 0.25) is 0 Å². The molecule has 0 aliphatic carbocycles. The van der Waals surface area contributed by atoms with Gasteiger partial charge in [0, 0.05) is 0 Å². The van der Waals surface area contributed by atoms with Crippen molar-refractivity contribution in [2.45, 2.75) is 19.2 Å². The molecule has 1 aromatic heterocycles. The molecular formula is C12H11F3N4O2. The Bertz CT molecular complexity index is 654. The van der Waals surface area contributed by atoms with Crippen LogP contribution < -0.4 is 10.5 Å². The van der Waals surface area contributed by atoms with Crippen molar-refractivity contribution >= 4 is 5.91 Å². The fraction of sp³-hybridized carbons (Fsp3) is 0.250. The van der Waals surface area contributed by atoms with Gasteiger partial charge in [-0.2, -0.15) is 18.2 Å². The first-order chi connectivity index (χ1) is 9.77. The van der Waals surface area contributed by atoms with E-state index in [2.05, 4.69) is 10.1 Å². The van der Waals surface area contributed by atoms with Gasteiger partial charge in [0.05, 0.1) is 11.3 Å². The molecule has 1 aromatic carbocycles. The van der Waals surface area contributed by atoms with Crippen molar-refractivity contribution in [1.82, 2.24) is 14.8 Å². The van der Waals surface area contributed by atoms with Crippen LogP contribution >= 0.6 is 0 Å². The Balaban J connectivity index is 2.24. The van der Waals surface area contributed by atoms with Gasteiger partial charge >= 0.3 is 12.2 Å². The summed E-state index contributed by atoms with van der Waals surface area (Å²) in [5.41, 5.74) is 4.38. The zero-order chi connectivity index (χ0) is 15.6. The van der Waals surface area contributed by atoms with Crippen LogP contribution in [0, 0.1) is 0 Å². The van der Waals surface area contributed by atoms with Gasteiger partial charge < -0.3 is 10.5 Å². The molecule has 1 unspecified atom stereocenters. The molecule has 0 aliphatic rings. The van der Waals surface area contributed by atoms with Gasteiger partial charge in [0.25, 0.3) is 5.91 Å². The third-order valence-electron chi connectivity index (χ3n) is 2.59. The second-order valence-electron chi connectivity index (χ2n) is 4.18. The van der Waals surface area contributed by atoms with Crippen LogP contribution in [0.4, 0.5) is 13.2 Å². The molecule has 9 heteroatoms. The number of benzene rings is 1. The summed E-state index contributed by atoms with van der Waals surface area (Å²) in [4.78, 5) is 14.6. The summed E-state index contributed by atoms with van der Waals surface area (Å²) in [6, 6.07) is 4.42. The molecule has 1 amide bonds. The van der Waals surface area contributed by atoms with Gasteiger partial charge in [-0.25, -0.2) is 4.68 Å². The lowest BCUT2D eigenvalue weighted by Crippen LogP contribution is -2.31. The average Bonchev–Trinajstić information content (AvgIpc) is 2.86. The first-order valence-corrected chi connectivity index (χ1v) is 5.82. The van der Waals surface area contributed by atoms with Crippen molar-refractivity contribution in [1.29, 1.82) is 0 Å². The first kappa shape index (κ1) is 14.8. The van der Waals surface area contributed by atoms with E-state index in [0.717, 1.165) is 16.8 Å². The molecule has 0 aliphatic heterocycles. The normalized spacial score (nSPS) is 13.0. The summed E-state index contributed by atoms with van der Waals surface area (Å²) < 4.78 is 44.0. The van der Waals surface area contributed by atoms with Crippen LogP contribution in [0.2, 0.25) is 0 Å². The molecule has 0 spiro atoms. The lowest BCUT2D eigenvalue weighted by atomic mass is 10.2. The number of primary amides is 1. The van der Waals surface area contributed by atoms with Crippen LogP contribution in [0.15, 0.2) is 30.6 Å². The molecule has 0 radical (unpaired) electrons. The Labute approximate surface area is 117 Å². The van der Waals surface area contributed by atoms with E-state index in [1.54, 1.807) is 0 Å². The SMILES string of the molecule is CC(Oc1ncn(-c2cccc(C(F)(F)F)c2)n1)C(N)=O. The Morgan fingerprint density at radius 3 is 2.76 bits per heavy atom. The number of nitrogens with zero attached hydrogens (tertiary/aromatic N) is 3. The van der Waals surface area contributed by atoms with E-state index in [9.17, 15) is 18.0 Å². The van der Waals surface area contributed by atoms with Crippen molar-refractivity contribution in [3.8, 4) is 11.7 Å². The Morgan fingerprint density at radius 2 is 2.14 bits per heavy atom. The maximum atomic E-state index is 12.6. The number of hydrogen-bond donors (Lipinski definition) is 1. The van der Waals surface area contributed by atoms with Gasteiger partial charge in [-0.15, -0.1) is 5.10 Å². The second-order valence-corrected chi connectivity index (χ2v) is 4.18. The van der Waals surface area contributed by atoms with E-state index in [-0.39, 0.29) is 11.7 Å². The highest BCUT2D eigenvalue weighted by molar-refractivity contribution is 5.78. The molecule has 0 bridgehead atoms. The lowest BCUT2D eigenvalue weighted by Gasteiger charge is -2.08. The number of carbonyl (C=O) groups is 1. The summed E-state index contributed by atoms with van der Waals surface area (Å²) in [6.07, 6.45) is -4.21. The molecule has 2 rings (SSSR count). The van der Waals surface area contributed by atoms with E-state index >= 15 is 0 Å². The number of hydrogen-bond acceptors (Lipinski definition) is 4. The van der Waals surface area contributed by atoms with E-state index < -0.39 is 23.8 Å². The lowest BCUT2D eigenvalue weighted by molar-refractivity contribution is -0.137. The van der Waals surface area contributed by atoms with Crippen molar-refractivity contribution in [3.63, 3.8) is 0 Å². The summed E-state index contributed by atoms with van der Waals surface area (Å²) in [7, 11) is 0. The fourth-order valence-electron chi connectivity index (χ4n) is 1.47. The number of aromatic nitrogens is 3. The van der Waals surface area contributed by atoms with Crippen molar-refractivity contribution in [3.05, 3.63) is 36.2 Å². The zero-order valence-electron chi connectivity index (χ0n) is 10.8. The van der Waals surface area contributed by atoms with E-state index in [0.29, 0.717) is 0 Å². The second kappa shape index (κ2) is 5.43. The first-order valence-electron chi connectivity index (χ1n) is 5.82. The quantitative estimate of drug-likeness (QED) is 0.928. The third-order valence-corrected chi connectivity index (χ3v) is 2.59. The van der Waals surface area contributed by atoms with Crippen LogP contribution in [-0.2, 0) is 11.0 Å². The molecule has 2 aromatic rings. The monoisotopic (exact) mass is 300 g/mol. The summed E-state index contributed by atoms with van der Waals surface area (Å²) >= 11 is 0. The largest absolute Gasteiger partial charge is 0.449 e. The van der Waals surface area contributed by atoms with E-state index in [4.69, 9.17) is 10.5 Å². The predicted molar refractivity (Wildman–Crippen MR) is 65.6 cm³/mol. The number of alkyl halides is 3. The maximum Gasteiger partial charge on any atom is 0.416 e. The van der Waals surface area contributed by atoms with Gasteiger partial charge in [-0.05, 0) is 25.1 Å². The van der Waals surface area contributed by atoms with Crippen molar-refractivity contribution in [2.24, 2.45) is 5.73 Å². The van der Waals surface area contributed by atoms with E-state index in [1.165, 1.54) is 25.4 Å². The molecule has 21 heavy (non-hydrogen) atoms. The standard InChI is InChI=1S/C12H11F3N4O2/c1-7(10(16)20)21-11-17-6-19(18-11)9-4-2-3-8(5-9)12(13,14)15/h2-7H,1H3,(H2,16,20). The molecule has 0 saturated carbocycles. The molecule has 1 heterocycles. The molecule has 0 saturated heterocycles. The Kier molecular flexibility index (Phi) is 3.83. The summed E-state index contributed by atoms with van der Waals surface area (Å²) in [5, 5.41) is 3.83. The molecular weight excluding hydrogens is 289 g/mol. The summed E-state index contributed by atoms with van der Waals surface area (Å²) in [6.45, 7) is 1.41. The number of ether oxygens (including phenoxy) is 1. The van der Waals surface area contributed by atoms with Crippen LogP contribution in [0.5, 0.6) is 6.01 Å². The van der Waals surface area contributed by atoms with Gasteiger partial charge in [0.1, 0.15) is 6.33 Å². The highest BCUT2D eigenvalue weighted by Crippen LogP contribution is 2.30. The molecule has 0 fully saturated rings. The van der Waals surface area contributed by atoms with Crippen molar-refractivity contribution in [2.75, 3.05) is 0 Å².